The lowest BCUT2D eigenvalue weighted by atomic mass is 10.2. The van der Waals surface area contributed by atoms with E-state index in [1.54, 1.807) is 11.3 Å². The Hall–Kier alpha value is -0.870. The minimum atomic E-state index is 0.260. The lowest BCUT2D eigenvalue weighted by molar-refractivity contribution is -0.133. The molecule has 0 spiro atoms. The highest BCUT2D eigenvalue weighted by molar-refractivity contribution is 7.12. The quantitative estimate of drug-likeness (QED) is 0.845. The first-order valence-electron chi connectivity index (χ1n) is 5.72. The lowest BCUT2D eigenvalue weighted by Crippen LogP contribution is -2.52. The number of amides is 1. The summed E-state index contributed by atoms with van der Waals surface area (Å²) >= 11 is 1.72. The number of thiophene rings is 1. The zero-order valence-electron chi connectivity index (χ0n) is 9.82. The van der Waals surface area contributed by atoms with Gasteiger partial charge in [0.2, 0.25) is 5.91 Å². The number of nitrogens with zero attached hydrogens (tertiary/aromatic N) is 1. The van der Waals surface area contributed by atoms with Gasteiger partial charge in [0, 0.05) is 35.4 Å². The van der Waals surface area contributed by atoms with Crippen LogP contribution in [0.5, 0.6) is 0 Å². The Morgan fingerprint density at radius 3 is 3.06 bits per heavy atom. The molecule has 0 bridgehead atoms. The van der Waals surface area contributed by atoms with Gasteiger partial charge < -0.3 is 10.2 Å². The molecule has 0 saturated carbocycles. The van der Waals surface area contributed by atoms with Gasteiger partial charge in [0.05, 0.1) is 6.42 Å². The van der Waals surface area contributed by atoms with Gasteiger partial charge in [0.25, 0.3) is 0 Å². The van der Waals surface area contributed by atoms with Crippen molar-refractivity contribution in [1.82, 2.24) is 10.2 Å². The van der Waals surface area contributed by atoms with E-state index < -0.39 is 0 Å². The number of hydrogen-bond acceptors (Lipinski definition) is 3. The molecule has 88 valence electrons. The summed E-state index contributed by atoms with van der Waals surface area (Å²) in [5.41, 5.74) is 0. The van der Waals surface area contributed by atoms with Gasteiger partial charge in [-0.15, -0.1) is 11.3 Å². The average Bonchev–Trinajstić information content (AvgIpc) is 2.64. The van der Waals surface area contributed by atoms with Gasteiger partial charge in [0.15, 0.2) is 0 Å². The van der Waals surface area contributed by atoms with Crippen molar-refractivity contribution in [2.24, 2.45) is 0 Å². The molecule has 0 aliphatic carbocycles. The Morgan fingerprint density at radius 2 is 2.44 bits per heavy atom. The van der Waals surface area contributed by atoms with E-state index in [1.165, 1.54) is 9.75 Å². The summed E-state index contributed by atoms with van der Waals surface area (Å²) in [6, 6.07) is 4.46. The molecule has 1 aromatic heterocycles. The Labute approximate surface area is 100 Å². The fourth-order valence-electron chi connectivity index (χ4n) is 2.04. The van der Waals surface area contributed by atoms with Crippen molar-refractivity contribution in [2.45, 2.75) is 26.3 Å². The van der Waals surface area contributed by atoms with Gasteiger partial charge >= 0.3 is 0 Å². The first-order chi connectivity index (χ1) is 7.66. The van der Waals surface area contributed by atoms with Crippen LogP contribution in [-0.2, 0) is 11.2 Å². The van der Waals surface area contributed by atoms with Gasteiger partial charge in [-0.1, -0.05) is 0 Å². The van der Waals surface area contributed by atoms with Gasteiger partial charge in [-0.2, -0.15) is 0 Å². The molecule has 16 heavy (non-hydrogen) atoms. The summed E-state index contributed by atoms with van der Waals surface area (Å²) < 4.78 is 0. The fraction of sp³-hybridized carbons (Fsp3) is 0.583. The molecule has 0 unspecified atom stereocenters. The van der Waals surface area contributed by atoms with E-state index >= 15 is 0 Å². The number of aryl methyl sites for hydroxylation is 1. The molecule has 1 saturated heterocycles. The van der Waals surface area contributed by atoms with Crippen molar-refractivity contribution in [3.63, 3.8) is 0 Å². The highest BCUT2D eigenvalue weighted by atomic mass is 32.1. The zero-order valence-corrected chi connectivity index (χ0v) is 10.6. The number of carbonyl (C=O) groups is 1. The topological polar surface area (TPSA) is 32.3 Å². The third-order valence-corrected chi connectivity index (χ3v) is 3.94. The van der Waals surface area contributed by atoms with Crippen LogP contribution in [0.25, 0.3) is 0 Å². The van der Waals surface area contributed by atoms with Crippen LogP contribution in [0, 0.1) is 6.92 Å². The monoisotopic (exact) mass is 238 g/mol. The van der Waals surface area contributed by atoms with Crippen molar-refractivity contribution < 1.29 is 4.79 Å². The van der Waals surface area contributed by atoms with Crippen molar-refractivity contribution in [3.05, 3.63) is 21.9 Å². The molecule has 1 fully saturated rings. The van der Waals surface area contributed by atoms with Gasteiger partial charge in [-0.3, -0.25) is 4.79 Å². The van der Waals surface area contributed by atoms with E-state index in [-0.39, 0.29) is 5.91 Å². The van der Waals surface area contributed by atoms with Crippen LogP contribution in [0.3, 0.4) is 0 Å². The van der Waals surface area contributed by atoms with E-state index in [0.717, 1.165) is 19.6 Å². The van der Waals surface area contributed by atoms with Crippen LogP contribution < -0.4 is 5.32 Å². The van der Waals surface area contributed by atoms with Crippen LogP contribution in [0.2, 0.25) is 0 Å². The van der Waals surface area contributed by atoms with E-state index in [2.05, 4.69) is 31.3 Å². The maximum absolute atomic E-state index is 12.1. The number of nitrogens with one attached hydrogen (secondary N) is 1. The minimum Gasteiger partial charge on any atom is -0.337 e. The molecule has 2 rings (SSSR count). The summed E-state index contributed by atoms with van der Waals surface area (Å²) in [5.74, 6) is 0.260. The third kappa shape index (κ3) is 2.62. The van der Waals surface area contributed by atoms with Crippen molar-refractivity contribution in [2.75, 3.05) is 19.6 Å². The number of hydrogen-bond donors (Lipinski definition) is 1. The zero-order chi connectivity index (χ0) is 11.5. The maximum Gasteiger partial charge on any atom is 0.228 e. The summed E-state index contributed by atoms with van der Waals surface area (Å²) in [4.78, 5) is 16.5. The van der Waals surface area contributed by atoms with Gasteiger partial charge in [-0.05, 0) is 26.0 Å². The largest absolute Gasteiger partial charge is 0.337 e. The Kier molecular flexibility index (Phi) is 3.61. The van der Waals surface area contributed by atoms with Gasteiger partial charge in [-0.25, -0.2) is 0 Å². The van der Waals surface area contributed by atoms with E-state index in [1.807, 2.05) is 4.90 Å². The summed E-state index contributed by atoms with van der Waals surface area (Å²) in [5, 5.41) is 3.30. The van der Waals surface area contributed by atoms with Crippen molar-refractivity contribution in [3.8, 4) is 0 Å². The summed E-state index contributed by atoms with van der Waals surface area (Å²) in [7, 11) is 0. The van der Waals surface area contributed by atoms with E-state index in [9.17, 15) is 4.79 Å². The second-order valence-electron chi connectivity index (χ2n) is 4.33. The van der Waals surface area contributed by atoms with Crippen LogP contribution in [0.1, 0.15) is 16.7 Å². The molecule has 2 heterocycles. The van der Waals surface area contributed by atoms with Crippen molar-refractivity contribution in [1.29, 1.82) is 0 Å². The van der Waals surface area contributed by atoms with Crippen LogP contribution in [-0.4, -0.2) is 36.5 Å². The first-order valence-corrected chi connectivity index (χ1v) is 6.54. The number of rotatable bonds is 2. The molecule has 1 amide bonds. The van der Waals surface area contributed by atoms with Crippen molar-refractivity contribution >= 4 is 17.2 Å². The molecule has 1 atom stereocenters. The smallest absolute Gasteiger partial charge is 0.228 e. The highest BCUT2D eigenvalue weighted by Gasteiger charge is 2.22. The molecule has 1 aliphatic rings. The molecule has 0 radical (unpaired) electrons. The second-order valence-corrected chi connectivity index (χ2v) is 5.70. The summed E-state index contributed by atoms with van der Waals surface area (Å²) in [6.07, 6.45) is 0.558. The van der Waals surface area contributed by atoms with Crippen LogP contribution in [0.4, 0.5) is 0 Å². The fourth-order valence-corrected chi connectivity index (χ4v) is 2.92. The highest BCUT2D eigenvalue weighted by Crippen LogP contribution is 2.17. The minimum absolute atomic E-state index is 0.260. The Morgan fingerprint density at radius 1 is 1.62 bits per heavy atom. The lowest BCUT2D eigenvalue weighted by Gasteiger charge is -2.34. The Bertz CT molecular complexity index is 375. The normalized spacial score (nSPS) is 21.1. The number of piperazine rings is 1. The predicted molar refractivity (Wildman–Crippen MR) is 66.8 cm³/mol. The summed E-state index contributed by atoms with van der Waals surface area (Å²) in [6.45, 7) is 6.84. The van der Waals surface area contributed by atoms with E-state index in [0.29, 0.717) is 12.5 Å². The van der Waals surface area contributed by atoms with Crippen LogP contribution in [0.15, 0.2) is 12.1 Å². The second kappa shape index (κ2) is 4.97. The molecule has 1 aromatic rings. The number of carbonyl (C=O) groups excluding carboxylic acids is 1. The molecule has 1 N–H and O–H groups in total. The standard InChI is InChI=1S/C12H18N2OS/c1-9-8-13-5-6-14(9)12(15)7-11-4-3-10(2)16-11/h3-4,9,13H,5-8H2,1-2H3/t9-/m0/s1. The Balaban J connectivity index is 1.96. The third-order valence-electron chi connectivity index (χ3n) is 2.94. The first kappa shape index (κ1) is 11.6. The molecular formula is C12H18N2OS. The molecule has 0 aromatic carbocycles. The average molecular weight is 238 g/mol. The van der Waals surface area contributed by atoms with Crippen LogP contribution >= 0.6 is 11.3 Å². The maximum atomic E-state index is 12.1. The molecule has 4 heteroatoms. The molecular weight excluding hydrogens is 220 g/mol. The molecule has 1 aliphatic heterocycles. The van der Waals surface area contributed by atoms with E-state index in [4.69, 9.17) is 0 Å². The van der Waals surface area contributed by atoms with Gasteiger partial charge in [0.1, 0.15) is 0 Å². The SMILES string of the molecule is Cc1ccc(CC(=O)N2CCNC[C@@H]2C)s1. The predicted octanol–water partition coefficient (Wildman–Crippen LogP) is 1.42. The molecule has 3 nitrogen and oxygen atoms in total.